The van der Waals surface area contributed by atoms with Gasteiger partial charge in [0.05, 0.1) is 26.4 Å². The lowest BCUT2D eigenvalue weighted by Crippen LogP contribution is -2.20. The molecule has 4 rings (SSSR count). The fourth-order valence-corrected chi connectivity index (χ4v) is 4.70. The van der Waals surface area contributed by atoms with E-state index >= 15 is 0 Å². The minimum absolute atomic E-state index is 0.245. The normalized spacial score (nSPS) is 10.9. The summed E-state index contributed by atoms with van der Waals surface area (Å²) in [5, 5.41) is 9.39. The van der Waals surface area contributed by atoms with Crippen LogP contribution in [0.15, 0.2) is 77.9 Å². The van der Waals surface area contributed by atoms with Gasteiger partial charge in [-0.25, -0.2) is 5.43 Å². The van der Waals surface area contributed by atoms with Crippen molar-refractivity contribution in [1.82, 2.24) is 5.43 Å². The number of halogens is 3. The molecule has 38 heavy (non-hydrogen) atoms. The van der Waals surface area contributed by atoms with Crippen molar-refractivity contribution < 1.29 is 19.1 Å². The Morgan fingerprint density at radius 3 is 2.55 bits per heavy atom. The molecule has 7 nitrogen and oxygen atoms in total. The zero-order valence-electron chi connectivity index (χ0n) is 20.1. The van der Waals surface area contributed by atoms with Crippen LogP contribution >= 0.6 is 45.8 Å². The van der Waals surface area contributed by atoms with Gasteiger partial charge < -0.3 is 14.8 Å². The number of amides is 2. The number of carbonyl (C=O) groups is 2. The van der Waals surface area contributed by atoms with Gasteiger partial charge in [-0.05, 0) is 82.2 Å². The molecule has 0 aromatic heterocycles. The van der Waals surface area contributed by atoms with E-state index in [2.05, 4.69) is 38.4 Å². The molecule has 0 radical (unpaired) electrons. The lowest BCUT2D eigenvalue weighted by Gasteiger charge is -2.14. The summed E-state index contributed by atoms with van der Waals surface area (Å²) in [5.74, 6) is 0.186. The quantitative estimate of drug-likeness (QED) is 0.116. The molecule has 0 fully saturated rings. The maximum atomic E-state index is 12.7. The molecule has 0 bridgehead atoms. The SMILES string of the molecule is CCOc1cc(/C=N/NC(=O)c2cccc3ccccc23)cc(I)c1OCC(=O)Nc1ccc(Cl)c(Cl)c1. The number of nitrogens with zero attached hydrogens (tertiary/aromatic N) is 1. The van der Waals surface area contributed by atoms with Crippen LogP contribution in [0.3, 0.4) is 0 Å². The number of carbonyl (C=O) groups excluding carboxylic acids is 2. The molecule has 0 saturated heterocycles. The highest BCUT2D eigenvalue weighted by Crippen LogP contribution is 2.34. The zero-order chi connectivity index (χ0) is 27.1. The number of hydrogen-bond donors (Lipinski definition) is 2. The Morgan fingerprint density at radius 2 is 1.76 bits per heavy atom. The average Bonchev–Trinajstić information content (AvgIpc) is 2.90. The monoisotopic (exact) mass is 661 g/mol. The minimum Gasteiger partial charge on any atom is -0.490 e. The van der Waals surface area contributed by atoms with Crippen molar-refractivity contribution in [3.8, 4) is 11.5 Å². The van der Waals surface area contributed by atoms with Gasteiger partial charge in [0.25, 0.3) is 11.8 Å². The predicted molar refractivity (Wildman–Crippen MR) is 160 cm³/mol. The summed E-state index contributed by atoms with van der Waals surface area (Å²) in [6.07, 6.45) is 1.52. The minimum atomic E-state index is -0.372. The first-order valence-electron chi connectivity index (χ1n) is 11.5. The third-order valence-electron chi connectivity index (χ3n) is 5.30. The Balaban J connectivity index is 1.43. The molecule has 2 amide bonds. The van der Waals surface area contributed by atoms with Crippen LogP contribution in [-0.4, -0.2) is 31.2 Å². The number of hydrazone groups is 1. The molecule has 10 heteroatoms. The molecule has 0 spiro atoms. The lowest BCUT2D eigenvalue weighted by atomic mass is 10.0. The summed E-state index contributed by atoms with van der Waals surface area (Å²) in [6, 6.07) is 21.5. The van der Waals surface area contributed by atoms with Gasteiger partial charge in [-0.2, -0.15) is 5.10 Å². The molecule has 0 heterocycles. The van der Waals surface area contributed by atoms with Crippen molar-refractivity contribution in [2.45, 2.75) is 6.92 Å². The number of nitrogens with one attached hydrogen (secondary N) is 2. The Labute approximate surface area is 243 Å². The molecule has 4 aromatic carbocycles. The van der Waals surface area contributed by atoms with E-state index in [0.29, 0.717) is 48.5 Å². The molecule has 194 valence electrons. The van der Waals surface area contributed by atoms with Crippen LogP contribution < -0.4 is 20.2 Å². The standard InChI is InChI=1S/C28H22Cl2IN3O4/c1-2-37-25-13-17(15-32-34-28(36)21-9-5-7-18-6-3-4-8-20(18)21)12-24(31)27(25)38-16-26(35)33-19-10-11-22(29)23(30)14-19/h3-15H,2,16H2,1H3,(H,33,35)(H,34,36)/b32-15+. The molecule has 0 saturated carbocycles. The Morgan fingerprint density at radius 1 is 0.974 bits per heavy atom. The van der Waals surface area contributed by atoms with Crippen LogP contribution in [0, 0.1) is 3.57 Å². The summed E-state index contributed by atoms with van der Waals surface area (Å²) in [4.78, 5) is 25.1. The third kappa shape index (κ3) is 6.94. The summed E-state index contributed by atoms with van der Waals surface area (Å²) >= 11 is 14.0. The van der Waals surface area contributed by atoms with Crippen LogP contribution in [0.4, 0.5) is 5.69 Å². The van der Waals surface area contributed by atoms with Crippen molar-refractivity contribution >= 4 is 80.3 Å². The highest BCUT2D eigenvalue weighted by Gasteiger charge is 2.15. The summed E-state index contributed by atoms with van der Waals surface area (Å²) < 4.78 is 12.2. The Kier molecular flexibility index (Phi) is 9.43. The van der Waals surface area contributed by atoms with Gasteiger partial charge in [-0.3, -0.25) is 9.59 Å². The largest absolute Gasteiger partial charge is 0.490 e. The summed E-state index contributed by atoms with van der Waals surface area (Å²) in [7, 11) is 0. The van der Waals surface area contributed by atoms with Crippen LogP contribution in [-0.2, 0) is 4.79 Å². The lowest BCUT2D eigenvalue weighted by molar-refractivity contribution is -0.118. The smallest absolute Gasteiger partial charge is 0.271 e. The number of fused-ring (bicyclic) bond motifs is 1. The van der Waals surface area contributed by atoms with E-state index in [-0.39, 0.29) is 18.4 Å². The number of ether oxygens (including phenoxy) is 2. The third-order valence-corrected chi connectivity index (χ3v) is 6.84. The highest BCUT2D eigenvalue weighted by atomic mass is 127. The van der Waals surface area contributed by atoms with Crippen molar-refractivity contribution in [2.24, 2.45) is 5.10 Å². The second kappa shape index (κ2) is 12.9. The topological polar surface area (TPSA) is 89.0 Å². The second-order valence-electron chi connectivity index (χ2n) is 7.95. The summed E-state index contributed by atoms with van der Waals surface area (Å²) in [5.41, 5.74) is 4.30. The van der Waals surface area contributed by atoms with Gasteiger partial charge in [-0.1, -0.05) is 59.6 Å². The number of anilines is 1. The fourth-order valence-electron chi connectivity index (χ4n) is 3.62. The van der Waals surface area contributed by atoms with E-state index in [4.69, 9.17) is 32.7 Å². The Hall–Kier alpha value is -3.34. The predicted octanol–water partition coefficient (Wildman–Crippen LogP) is 6.93. The van der Waals surface area contributed by atoms with Crippen LogP contribution in [0.1, 0.15) is 22.8 Å². The number of hydrogen-bond acceptors (Lipinski definition) is 5. The van der Waals surface area contributed by atoms with Gasteiger partial charge in [0, 0.05) is 11.3 Å². The molecular weight excluding hydrogens is 640 g/mol. The highest BCUT2D eigenvalue weighted by molar-refractivity contribution is 14.1. The molecule has 2 N–H and O–H groups in total. The summed E-state index contributed by atoms with van der Waals surface area (Å²) in [6.45, 7) is 1.99. The van der Waals surface area contributed by atoms with Crippen LogP contribution in [0.25, 0.3) is 10.8 Å². The van der Waals surface area contributed by atoms with E-state index in [1.165, 1.54) is 6.21 Å². The van der Waals surface area contributed by atoms with Gasteiger partial charge >= 0.3 is 0 Å². The average molecular weight is 662 g/mol. The van der Waals surface area contributed by atoms with E-state index in [0.717, 1.165) is 10.8 Å². The first-order chi connectivity index (χ1) is 18.4. The van der Waals surface area contributed by atoms with Gasteiger partial charge in [0.1, 0.15) is 0 Å². The van der Waals surface area contributed by atoms with E-state index < -0.39 is 0 Å². The fraction of sp³-hybridized carbons (Fsp3) is 0.107. The van der Waals surface area contributed by atoms with Crippen molar-refractivity contribution in [1.29, 1.82) is 0 Å². The molecule has 0 aliphatic carbocycles. The number of rotatable bonds is 9. The number of benzene rings is 4. The maximum Gasteiger partial charge on any atom is 0.271 e. The van der Waals surface area contributed by atoms with Crippen LogP contribution in [0.2, 0.25) is 10.0 Å². The van der Waals surface area contributed by atoms with Gasteiger partial charge in [-0.15, -0.1) is 0 Å². The molecule has 0 unspecified atom stereocenters. The van der Waals surface area contributed by atoms with E-state index in [1.807, 2.05) is 49.4 Å². The van der Waals surface area contributed by atoms with E-state index in [9.17, 15) is 9.59 Å². The zero-order valence-corrected chi connectivity index (χ0v) is 23.8. The van der Waals surface area contributed by atoms with Crippen molar-refractivity contribution in [3.63, 3.8) is 0 Å². The van der Waals surface area contributed by atoms with Crippen LogP contribution in [0.5, 0.6) is 11.5 Å². The van der Waals surface area contributed by atoms with Gasteiger partial charge in [0.15, 0.2) is 18.1 Å². The molecule has 4 aromatic rings. The van der Waals surface area contributed by atoms with E-state index in [1.54, 1.807) is 30.3 Å². The maximum absolute atomic E-state index is 12.7. The molecule has 0 aliphatic rings. The molecular formula is C28H22Cl2IN3O4. The van der Waals surface area contributed by atoms with Crippen molar-refractivity contribution in [3.05, 3.63) is 97.5 Å². The Bertz CT molecular complexity index is 1520. The molecule has 0 atom stereocenters. The second-order valence-corrected chi connectivity index (χ2v) is 9.93. The molecule has 0 aliphatic heterocycles. The first-order valence-corrected chi connectivity index (χ1v) is 13.3. The first kappa shape index (κ1) is 27.7. The van der Waals surface area contributed by atoms with Crippen molar-refractivity contribution in [2.75, 3.05) is 18.5 Å². The van der Waals surface area contributed by atoms with Gasteiger partial charge in [0.2, 0.25) is 0 Å².